The predicted octanol–water partition coefficient (Wildman–Crippen LogP) is 4.63. The van der Waals surface area contributed by atoms with Gasteiger partial charge in [0.2, 0.25) is 5.91 Å². The van der Waals surface area contributed by atoms with E-state index in [1.807, 2.05) is 13.0 Å². The lowest BCUT2D eigenvalue weighted by Gasteiger charge is -2.21. The van der Waals surface area contributed by atoms with Gasteiger partial charge in [-0.15, -0.1) is 0 Å². The summed E-state index contributed by atoms with van der Waals surface area (Å²) in [6, 6.07) is -0.785. The molecule has 0 rings (SSSR count). The van der Waals surface area contributed by atoms with E-state index in [9.17, 15) is 20.1 Å². The molecule has 0 aliphatic carbocycles. The van der Waals surface area contributed by atoms with E-state index in [1.165, 1.54) is 64.2 Å². The van der Waals surface area contributed by atoms with Gasteiger partial charge in [-0.3, -0.25) is 4.79 Å². The van der Waals surface area contributed by atoms with Crippen LogP contribution in [-0.2, 0) is 4.79 Å². The van der Waals surface area contributed by atoms with Gasteiger partial charge in [0.1, 0.15) is 6.10 Å². The molecule has 5 heteroatoms. The summed E-state index contributed by atoms with van der Waals surface area (Å²) >= 11 is 0. The van der Waals surface area contributed by atoms with Crippen LogP contribution in [0.25, 0.3) is 0 Å². The average Bonchev–Trinajstić information content (AvgIpc) is 2.73. The lowest BCUT2D eigenvalue weighted by molar-refractivity contribution is -0.131. The van der Waals surface area contributed by atoms with Crippen LogP contribution in [0, 0.1) is 0 Å². The normalized spacial score (nSPS) is 14.8. The molecule has 0 fully saturated rings. The predicted molar refractivity (Wildman–Crippen MR) is 121 cm³/mol. The Bertz CT molecular complexity index is 400. The summed E-state index contributed by atoms with van der Waals surface area (Å²) in [4.78, 5) is 11.9. The molecule has 0 aliphatic heterocycles. The summed E-state index contributed by atoms with van der Waals surface area (Å²) in [5.41, 5.74) is 0. The number of nitrogens with one attached hydrogen (secondary N) is 1. The van der Waals surface area contributed by atoms with Crippen LogP contribution in [0.5, 0.6) is 0 Å². The van der Waals surface area contributed by atoms with Crippen LogP contribution in [0.2, 0.25) is 0 Å². The van der Waals surface area contributed by atoms with Gasteiger partial charge in [0.15, 0.2) is 0 Å². The molecule has 29 heavy (non-hydrogen) atoms. The van der Waals surface area contributed by atoms with Crippen LogP contribution in [0.3, 0.4) is 0 Å². The maximum Gasteiger partial charge on any atom is 0.249 e. The van der Waals surface area contributed by atoms with Crippen LogP contribution < -0.4 is 5.32 Å². The van der Waals surface area contributed by atoms with Crippen molar-refractivity contribution in [3.63, 3.8) is 0 Å². The molecule has 0 saturated carbocycles. The SMILES string of the molecule is CCCCCCCCCCCCC/C=C/[C@@H](O)[C@H](CO)NC(=O)[C@@H](O)CCCC. The summed E-state index contributed by atoms with van der Waals surface area (Å²) < 4.78 is 0. The molecule has 3 atom stereocenters. The highest BCUT2D eigenvalue weighted by Crippen LogP contribution is 2.12. The summed E-state index contributed by atoms with van der Waals surface area (Å²) in [5.74, 6) is -0.532. The van der Waals surface area contributed by atoms with Gasteiger partial charge in [-0.1, -0.05) is 103 Å². The van der Waals surface area contributed by atoms with Crippen LogP contribution in [0.15, 0.2) is 12.2 Å². The third kappa shape index (κ3) is 16.6. The Hall–Kier alpha value is -0.910. The van der Waals surface area contributed by atoms with Gasteiger partial charge in [-0.2, -0.15) is 0 Å². The fourth-order valence-electron chi connectivity index (χ4n) is 3.34. The molecule has 4 N–H and O–H groups in total. The van der Waals surface area contributed by atoms with Gasteiger partial charge in [0.25, 0.3) is 0 Å². The van der Waals surface area contributed by atoms with E-state index in [0.29, 0.717) is 6.42 Å². The largest absolute Gasteiger partial charge is 0.394 e. The van der Waals surface area contributed by atoms with Crippen LogP contribution in [-0.4, -0.2) is 46.1 Å². The molecule has 0 aromatic heterocycles. The molecule has 172 valence electrons. The zero-order valence-electron chi connectivity index (χ0n) is 19.0. The van der Waals surface area contributed by atoms with Crippen molar-refractivity contribution in [1.29, 1.82) is 0 Å². The van der Waals surface area contributed by atoms with E-state index in [1.54, 1.807) is 6.08 Å². The lowest BCUT2D eigenvalue weighted by Crippen LogP contribution is -2.48. The third-order valence-corrected chi connectivity index (χ3v) is 5.38. The van der Waals surface area contributed by atoms with Gasteiger partial charge in [0.05, 0.1) is 18.8 Å². The molecule has 0 unspecified atom stereocenters. The third-order valence-electron chi connectivity index (χ3n) is 5.38. The van der Waals surface area contributed by atoms with Crippen LogP contribution >= 0.6 is 0 Å². The van der Waals surface area contributed by atoms with Gasteiger partial charge >= 0.3 is 0 Å². The van der Waals surface area contributed by atoms with Crippen molar-refractivity contribution in [2.75, 3.05) is 6.61 Å². The number of hydrogen-bond donors (Lipinski definition) is 4. The maximum atomic E-state index is 11.9. The number of carbonyl (C=O) groups is 1. The Morgan fingerprint density at radius 1 is 0.828 bits per heavy atom. The highest BCUT2D eigenvalue weighted by molar-refractivity contribution is 5.80. The summed E-state index contributed by atoms with van der Waals surface area (Å²) in [5, 5.41) is 31.9. The minimum atomic E-state index is -1.09. The molecule has 0 aromatic carbocycles. The van der Waals surface area contributed by atoms with E-state index in [-0.39, 0.29) is 6.61 Å². The molecule has 0 heterocycles. The Balaban J connectivity index is 3.78. The first-order valence-electron chi connectivity index (χ1n) is 12.0. The average molecular weight is 414 g/mol. The van der Waals surface area contributed by atoms with Crippen molar-refractivity contribution in [1.82, 2.24) is 5.32 Å². The van der Waals surface area contributed by atoms with E-state index < -0.39 is 24.2 Å². The van der Waals surface area contributed by atoms with Gasteiger partial charge in [-0.05, 0) is 19.3 Å². The molecule has 0 aromatic rings. The first-order valence-corrected chi connectivity index (χ1v) is 12.0. The number of carbonyl (C=O) groups excluding carboxylic acids is 1. The molecule has 0 bridgehead atoms. The highest BCUT2D eigenvalue weighted by Gasteiger charge is 2.22. The number of rotatable bonds is 20. The second kappa shape index (κ2) is 20.4. The van der Waals surface area contributed by atoms with E-state index >= 15 is 0 Å². The number of aliphatic hydroxyl groups is 3. The monoisotopic (exact) mass is 413 g/mol. The highest BCUT2D eigenvalue weighted by atomic mass is 16.3. The van der Waals surface area contributed by atoms with E-state index in [4.69, 9.17) is 0 Å². The van der Waals surface area contributed by atoms with Gasteiger partial charge in [0, 0.05) is 0 Å². The quantitative estimate of drug-likeness (QED) is 0.173. The zero-order valence-corrected chi connectivity index (χ0v) is 19.0. The van der Waals surface area contributed by atoms with Crippen molar-refractivity contribution in [3.05, 3.63) is 12.2 Å². The lowest BCUT2D eigenvalue weighted by atomic mass is 10.0. The minimum Gasteiger partial charge on any atom is -0.394 e. The van der Waals surface area contributed by atoms with Crippen LogP contribution in [0.4, 0.5) is 0 Å². The van der Waals surface area contributed by atoms with Crippen LogP contribution in [0.1, 0.15) is 110 Å². The molecule has 0 radical (unpaired) electrons. The molecule has 0 spiro atoms. The molecule has 5 nitrogen and oxygen atoms in total. The molecular formula is C24H47NO4. The standard InChI is InChI=1S/C24H47NO4/c1-3-5-7-8-9-10-11-12-13-14-15-16-17-19-22(27)21(20-26)25-24(29)23(28)18-6-4-2/h17,19,21-23,26-28H,3-16,18,20H2,1-2H3,(H,25,29)/b19-17+/t21-,22+,23-/m0/s1. The van der Waals surface area contributed by atoms with Crippen molar-refractivity contribution < 1.29 is 20.1 Å². The fourth-order valence-corrected chi connectivity index (χ4v) is 3.34. The second-order valence-electron chi connectivity index (χ2n) is 8.20. The summed E-state index contributed by atoms with van der Waals surface area (Å²) in [6.07, 6.45) is 18.8. The van der Waals surface area contributed by atoms with Crippen molar-refractivity contribution in [2.45, 2.75) is 128 Å². The Morgan fingerprint density at radius 3 is 1.86 bits per heavy atom. The topological polar surface area (TPSA) is 89.8 Å². The van der Waals surface area contributed by atoms with Crippen molar-refractivity contribution in [3.8, 4) is 0 Å². The maximum absolute atomic E-state index is 11.9. The minimum absolute atomic E-state index is 0.365. The Morgan fingerprint density at radius 2 is 1.34 bits per heavy atom. The van der Waals surface area contributed by atoms with E-state index in [0.717, 1.165) is 25.7 Å². The molecule has 0 aliphatic rings. The number of unbranched alkanes of at least 4 members (excludes halogenated alkanes) is 12. The Kier molecular flexibility index (Phi) is 19.7. The molecular weight excluding hydrogens is 366 g/mol. The zero-order chi connectivity index (χ0) is 21.7. The number of aliphatic hydroxyl groups excluding tert-OH is 3. The Labute approximate surface area is 179 Å². The number of amides is 1. The van der Waals surface area contributed by atoms with Gasteiger partial charge < -0.3 is 20.6 Å². The molecule has 0 saturated heterocycles. The van der Waals surface area contributed by atoms with Crippen molar-refractivity contribution in [2.24, 2.45) is 0 Å². The second-order valence-corrected chi connectivity index (χ2v) is 8.20. The summed E-state index contributed by atoms with van der Waals surface area (Å²) in [6.45, 7) is 3.88. The number of allylic oxidation sites excluding steroid dienone is 1. The van der Waals surface area contributed by atoms with Crippen molar-refractivity contribution >= 4 is 5.91 Å². The summed E-state index contributed by atoms with van der Waals surface area (Å²) in [7, 11) is 0. The fraction of sp³-hybridized carbons (Fsp3) is 0.875. The van der Waals surface area contributed by atoms with E-state index in [2.05, 4.69) is 12.2 Å². The first-order chi connectivity index (χ1) is 14.1. The first kappa shape index (κ1) is 28.1. The number of hydrogen-bond acceptors (Lipinski definition) is 4. The van der Waals surface area contributed by atoms with Gasteiger partial charge in [-0.25, -0.2) is 0 Å². The molecule has 1 amide bonds. The smallest absolute Gasteiger partial charge is 0.249 e.